The van der Waals surface area contributed by atoms with Gasteiger partial charge in [-0.3, -0.25) is 4.79 Å². The Hall–Kier alpha value is -1.57. The average molecular weight is 490 g/mol. The lowest BCUT2D eigenvalue weighted by Crippen LogP contribution is -2.55. The molecule has 1 N–H and O–H groups in total. The van der Waals surface area contributed by atoms with Gasteiger partial charge in [-0.1, -0.05) is 58.3 Å². The number of aryl methyl sites for hydroxylation is 1. The number of benzene rings is 1. The van der Waals surface area contributed by atoms with Crippen LogP contribution in [0.4, 0.5) is 0 Å². The highest BCUT2D eigenvalue weighted by atomic mass is 16.1. The van der Waals surface area contributed by atoms with Gasteiger partial charge in [-0.25, -0.2) is 0 Å². The number of amides is 1. The monoisotopic (exact) mass is 489 g/mol. The molecule has 8 atom stereocenters. The van der Waals surface area contributed by atoms with E-state index >= 15 is 0 Å². The van der Waals surface area contributed by atoms with Crippen LogP contribution < -0.4 is 5.32 Å². The van der Waals surface area contributed by atoms with E-state index in [2.05, 4.69) is 45.2 Å². The summed E-state index contributed by atoms with van der Waals surface area (Å²) in [5.41, 5.74) is 4.22. The van der Waals surface area contributed by atoms with Gasteiger partial charge in [0.15, 0.2) is 0 Å². The highest BCUT2D eigenvalue weighted by molar-refractivity contribution is 5.94. The quantitative estimate of drug-likeness (QED) is 0.425. The average Bonchev–Trinajstić information content (AvgIpc) is 3.21. The highest BCUT2D eigenvalue weighted by Crippen LogP contribution is 2.69. The molecule has 4 fully saturated rings. The number of hydrogen-bond donors (Lipinski definition) is 1. The van der Waals surface area contributed by atoms with Gasteiger partial charge in [-0.05, 0) is 135 Å². The zero-order valence-electron chi connectivity index (χ0n) is 23.7. The van der Waals surface area contributed by atoms with E-state index in [1.165, 1.54) is 69.8 Å². The van der Waals surface area contributed by atoms with Crippen molar-refractivity contribution in [2.24, 2.45) is 46.3 Å². The van der Waals surface area contributed by atoms with Crippen molar-refractivity contribution in [2.75, 3.05) is 6.54 Å². The Kier molecular flexibility index (Phi) is 7.45. The minimum atomic E-state index is 0.0819. The van der Waals surface area contributed by atoms with Gasteiger partial charge < -0.3 is 5.32 Å². The van der Waals surface area contributed by atoms with Gasteiger partial charge in [0.05, 0.1) is 0 Å². The van der Waals surface area contributed by atoms with Crippen molar-refractivity contribution in [1.82, 2.24) is 5.32 Å². The summed E-state index contributed by atoms with van der Waals surface area (Å²) in [6, 6.07) is 6.07. The lowest BCUT2D eigenvalue weighted by molar-refractivity contribution is -0.135. The number of fused-ring (bicyclic) bond motifs is 5. The second-order valence-electron chi connectivity index (χ2n) is 13.6. The van der Waals surface area contributed by atoms with Crippen LogP contribution in [0, 0.1) is 53.3 Å². The van der Waals surface area contributed by atoms with Crippen molar-refractivity contribution in [3.05, 3.63) is 41.0 Å². The molecule has 0 aromatic heterocycles. The summed E-state index contributed by atoms with van der Waals surface area (Å²) in [4.78, 5) is 12.9. The van der Waals surface area contributed by atoms with Gasteiger partial charge in [-0.15, -0.1) is 0 Å². The molecule has 2 nitrogen and oxygen atoms in total. The molecule has 0 aliphatic heterocycles. The van der Waals surface area contributed by atoms with Gasteiger partial charge >= 0.3 is 0 Å². The van der Waals surface area contributed by atoms with Crippen LogP contribution in [0.25, 0.3) is 6.08 Å². The Balaban J connectivity index is 1.24. The molecule has 0 heterocycles. The molecule has 4 saturated carbocycles. The topological polar surface area (TPSA) is 29.1 Å². The molecule has 36 heavy (non-hydrogen) atoms. The summed E-state index contributed by atoms with van der Waals surface area (Å²) in [6.07, 6.45) is 19.8. The third-order valence-electron chi connectivity index (χ3n) is 12.1. The van der Waals surface area contributed by atoms with Crippen molar-refractivity contribution in [3.8, 4) is 0 Å². The fourth-order valence-corrected chi connectivity index (χ4v) is 10.2. The molecule has 6 unspecified atom stereocenters. The molecule has 4 aliphatic carbocycles. The Bertz CT molecular complexity index is 979. The molecule has 0 spiro atoms. The molecule has 0 bridgehead atoms. The van der Waals surface area contributed by atoms with Crippen LogP contribution in [0.3, 0.4) is 0 Å². The van der Waals surface area contributed by atoms with E-state index < -0.39 is 0 Å². The van der Waals surface area contributed by atoms with E-state index in [1.807, 2.05) is 25.1 Å². The predicted octanol–water partition coefficient (Wildman–Crippen LogP) is 8.83. The summed E-state index contributed by atoms with van der Waals surface area (Å²) >= 11 is 0. The first-order chi connectivity index (χ1) is 17.3. The first kappa shape index (κ1) is 26.1. The SMILES string of the molecule is C/C=C\c1cc(C(=O)NCCC2CCC3C4C[C@H](CC)C5CCCCC5(C)[C@H]4CCC23C)ccc1C. The molecule has 0 saturated heterocycles. The Morgan fingerprint density at radius 1 is 1.03 bits per heavy atom. The lowest BCUT2D eigenvalue weighted by atomic mass is 9.42. The lowest BCUT2D eigenvalue weighted by Gasteiger charge is -2.62. The first-order valence-electron chi connectivity index (χ1n) is 15.3. The minimum Gasteiger partial charge on any atom is -0.352 e. The molecule has 4 aliphatic rings. The molecular weight excluding hydrogens is 438 g/mol. The molecule has 198 valence electrons. The number of nitrogens with one attached hydrogen (secondary N) is 1. The summed E-state index contributed by atoms with van der Waals surface area (Å²) in [5.74, 6) is 5.62. The van der Waals surface area contributed by atoms with Crippen LogP contribution in [-0.4, -0.2) is 12.5 Å². The largest absolute Gasteiger partial charge is 0.352 e. The van der Waals surface area contributed by atoms with Crippen LogP contribution in [0.1, 0.15) is 120 Å². The van der Waals surface area contributed by atoms with E-state index in [1.54, 1.807) is 0 Å². The van der Waals surface area contributed by atoms with Gasteiger partial charge in [0.1, 0.15) is 0 Å². The number of allylic oxidation sites excluding steroid dienone is 1. The fraction of sp³-hybridized carbons (Fsp3) is 0.735. The number of hydrogen-bond acceptors (Lipinski definition) is 1. The highest BCUT2D eigenvalue weighted by Gasteiger charge is 2.60. The van der Waals surface area contributed by atoms with Crippen LogP contribution in [0.2, 0.25) is 0 Å². The van der Waals surface area contributed by atoms with Crippen LogP contribution in [-0.2, 0) is 0 Å². The van der Waals surface area contributed by atoms with Crippen LogP contribution in [0.5, 0.6) is 0 Å². The van der Waals surface area contributed by atoms with Crippen molar-refractivity contribution < 1.29 is 4.79 Å². The zero-order chi connectivity index (χ0) is 25.5. The molecule has 0 radical (unpaired) electrons. The van der Waals surface area contributed by atoms with Gasteiger partial charge in [-0.2, -0.15) is 0 Å². The molecule has 1 aromatic carbocycles. The first-order valence-corrected chi connectivity index (χ1v) is 15.3. The van der Waals surface area contributed by atoms with E-state index in [4.69, 9.17) is 0 Å². The van der Waals surface area contributed by atoms with E-state index in [0.717, 1.165) is 59.6 Å². The van der Waals surface area contributed by atoms with Gasteiger partial charge in [0.25, 0.3) is 5.91 Å². The molecule has 1 amide bonds. The van der Waals surface area contributed by atoms with E-state index in [9.17, 15) is 4.79 Å². The normalized spacial score (nSPS) is 39.9. The smallest absolute Gasteiger partial charge is 0.251 e. The van der Waals surface area contributed by atoms with Crippen LogP contribution >= 0.6 is 0 Å². The number of carbonyl (C=O) groups excluding carboxylic acids is 1. The summed E-state index contributed by atoms with van der Waals surface area (Å²) < 4.78 is 0. The molecule has 1 aromatic rings. The molecule has 5 rings (SSSR count). The maximum atomic E-state index is 12.9. The van der Waals surface area contributed by atoms with Gasteiger partial charge in [0.2, 0.25) is 0 Å². The van der Waals surface area contributed by atoms with Crippen molar-refractivity contribution >= 4 is 12.0 Å². The summed E-state index contributed by atoms with van der Waals surface area (Å²) in [6.45, 7) is 12.8. The zero-order valence-corrected chi connectivity index (χ0v) is 23.7. The molecule has 2 heteroatoms. The maximum absolute atomic E-state index is 12.9. The third-order valence-corrected chi connectivity index (χ3v) is 12.1. The second kappa shape index (κ2) is 10.3. The van der Waals surface area contributed by atoms with E-state index in [-0.39, 0.29) is 5.91 Å². The fourth-order valence-electron chi connectivity index (χ4n) is 10.2. The van der Waals surface area contributed by atoms with Crippen molar-refractivity contribution in [1.29, 1.82) is 0 Å². The number of carbonyl (C=O) groups is 1. The Morgan fingerprint density at radius 3 is 2.61 bits per heavy atom. The minimum absolute atomic E-state index is 0.0819. The Morgan fingerprint density at radius 2 is 1.83 bits per heavy atom. The van der Waals surface area contributed by atoms with Crippen LogP contribution in [0.15, 0.2) is 24.3 Å². The second-order valence-corrected chi connectivity index (χ2v) is 13.6. The summed E-state index contributed by atoms with van der Waals surface area (Å²) in [7, 11) is 0. The summed E-state index contributed by atoms with van der Waals surface area (Å²) in [5, 5.41) is 3.28. The Labute approximate surface area is 221 Å². The van der Waals surface area contributed by atoms with Crippen molar-refractivity contribution in [3.63, 3.8) is 0 Å². The van der Waals surface area contributed by atoms with Gasteiger partial charge in [0, 0.05) is 12.1 Å². The maximum Gasteiger partial charge on any atom is 0.251 e. The predicted molar refractivity (Wildman–Crippen MR) is 152 cm³/mol. The van der Waals surface area contributed by atoms with E-state index in [0.29, 0.717) is 10.8 Å². The standard InChI is InChI=1S/C34H51NO/c1-6-10-25-21-26(13-12-23(25)3)32(36)35-20-17-27-14-15-30-28-22-24(7-2)29-11-8-9-18-34(29,5)31(28)16-19-33(27,30)4/h6,10,12-13,21,24,27-31H,7-9,11,14-20,22H2,1-5H3,(H,35,36)/b10-6-/t24-,27?,28?,29?,30?,31-,33?,34?/m0/s1. The number of rotatable bonds is 6. The third kappa shape index (κ3) is 4.39. The molecular formula is C34H51NO. The van der Waals surface area contributed by atoms with Crippen molar-refractivity contribution in [2.45, 2.75) is 105 Å².